The maximum atomic E-state index is 13.7. The molecule has 0 heterocycles. The second kappa shape index (κ2) is 8.15. The van der Waals surface area contributed by atoms with Crippen LogP contribution in [0, 0.1) is 0 Å². The summed E-state index contributed by atoms with van der Waals surface area (Å²) in [6.45, 7) is 3.47. The van der Waals surface area contributed by atoms with E-state index in [0.29, 0.717) is 6.92 Å². The summed E-state index contributed by atoms with van der Waals surface area (Å²) in [6, 6.07) is -0.747. The number of methoxy groups -OCH3 is 1. The molecule has 0 N–H and O–H groups in total. The average molecular weight is 492 g/mol. The lowest BCUT2D eigenvalue weighted by molar-refractivity contribution is -0.383. The van der Waals surface area contributed by atoms with Gasteiger partial charge in [-0.2, -0.15) is 52.7 Å². The zero-order chi connectivity index (χ0) is 25.6. The van der Waals surface area contributed by atoms with Crippen LogP contribution in [-0.2, 0) is 25.5 Å². The van der Waals surface area contributed by atoms with E-state index in [1.54, 1.807) is 0 Å². The van der Waals surface area contributed by atoms with Crippen molar-refractivity contribution < 1.29 is 67.0 Å². The molecule has 15 heteroatoms. The number of ether oxygens (including phenoxy) is 2. The summed E-state index contributed by atoms with van der Waals surface area (Å²) < 4.78 is 169. The van der Waals surface area contributed by atoms with Gasteiger partial charge in [-0.1, -0.05) is 24.8 Å². The van der Waals surface area contributed by atoms with E-state index < -0.39 is 64.6 Å². The van der Waals surface area contributed by atoms with Gasteiger partial charge in [-0.05, 0) is 13.0 Å². The maximum Gasteiger partial charge on any atom is 0.442 e. The largest absolute Gasteiger partial charge is 0.442 e. The zero-order valence-electron chi connectivity index (χ0n) is 15.8. The van der Waals surface area contributed by atoms with Crippen LogP contribution >= 0.6 is 0 Å². The molecule has 1 rings (SSSR count). The number of hydrogen-bond donors (Lipinski definition) is 0. The number of carbonyl (C=O) groups excluding carboxylic acids is 1. The van der Waals surface area contributed by atoms with Crippen LogP contribution in [-0.4, -0.2) is 37.8 Å². The number of esters is 1. The Morgan fingerprint density at radius 1 is 0.750 bits per heavy atom. The molecule has 3 nitrogen and oxygen atoms in total. The van der Waals surface area contributed by atoms with Gasteiger partial charge < -0.3 is 9.47 Å². The van der Waals surface area contributed by atoms with Gasteiger partial charge in [0.25, 0.3) is 5.60 Å². The Labute approximate surface area is 171 Å². The number of hydrogen-bond acceptors (Lipinski definition) is 3. The van der Waals surface area contributed by atoms with E-state index in [1.165, 1.54) is 0 Å². The third-order valence-electron chi connectivity index (χ3n) is 4.17. The normalized spacial score (nSPS) is 14.3. The molecule has 0 saturated heterocycles. The molecule has 0 bridgehead atoms. The molecule has 0 aliphatic carbocycles. The molecule has 0 aromatic heterocycles. The van der Waals surface area contributed by atoms with E-state index >= 15 is 0 Å². The smallest absolute Gasteiger partial charge is 0.431 e. The van der Waals surface area contributed by atoms with E-state index in [1.807, 2.05) is 0 Å². The van der Waals surface area contributed by atoms with Crippen LogP contribution in [0.3, 0.4) is 0 Å². The van der Waals surface area contributed by atoms with Gasteiger partial charge in [0.1, 0.15) is 0 Å². The van der Waals surface area contributed by atoms with Gasteiger partial charge in [-0.15, -0.1) is 0 Å². The lowest BCUT2D eigenvalue weighted by Crippen LogP contribution is -2.58. The second-order valence-electron chi connectivity index (χ2n) is 6.31. The van der Waals surface area contributed by atoms with Gasteiger partial charge in [0, 0.05) is 23.8 Å². The molecule has 1 aromatic carbocycles. The van der Waals surface area contributed by atoms with Crippen LogP contribution < -0.4 is 0 Å². The molecular weight excluding hydrogens is 480 g/mol. The molecule has 0 radical (unpaired) electrons. The van der Waals surface area contributed by atoms with Crippen molar-refractivity contribution in [3.63, 3.8) is 0 Å². The van der Waals surface area contributed by atoms with Crippen LogP contribution in [0.2, 0.25) is 0 Å². The van der Waals surface area contributed by atoms with Crippen molar-refractivity contribution in [2.24, 2.45) is 0 Å². The first-order valence-corrected chi connectivity index (χ1v) is 7.92. The molecule has 0 aliphatic rings. The molecule has 0 spiro atoms. The molecule has 0 saturated carbocycles. The summed E-state index contributed by atoms with van der Waals surface area (Å²) in [7, 11) is -0.0878. The van der Waals surface area contributed by atoms with E-state index in [-0.39, 0.29) is 25.3 Å². The highest BCUT2D eigenvalue weighted by molar-refractivity contribution is 5.87. The van der Waals surface area contributed by atoms with Gasteiger partial charge in [0.05, 0.1) is 0 Å². The Balaban J connectivity index is 4.09. The first-order valence-electron chi connectivity index (χ1n) is 7.92. The topological polar surface area (TPSA) is 35.5 Å². The summed E-state index contributed by atoms with van der Waals surface area (Å²) in [4.78, 5) is 11.6. The highest BCUT2D eigenvalue weighted by Gasteiger charge is 2.77. The van der Waals surface area contributed by atoms with Gasteiger partial charge >= 0.3 is 36.3 Å². The number of rotatable bonds is 5. The Kier molecular flexibility index (Phi) is 7.03. The van der Waals surface area contributed by atoms with E-state index in [2.05, 4.69) is 16.1 Å². The maximum absolute atomic E-state index is 13.7. The summed E-state index contributed by atoms with van der Waals surface area (Å²) in [5, 5.41) is 0. The van der Waals surface area contributed by atoms with E-state index in [9.17, 15) is 57.5 Å². The first kappa shape index (κ1) is 27.6. The second-order valence-corrected chi connectivity index (χ2v) is 6.31. The standard InChI is InChI=1S/C17H12F12O3/c1-8(2)11(30)32-13(16(24,25)26,17(27,28)29)10-6-4-5-9(7-10)12(31-3,14(18,19)20)15(21,22)23/h4-7H,1H2,2-3H3. The minimum atomic E-state index is -6.57. The fraction of sp³-hybridized carbons (Fsp3) is 0.471. The van der Waals surface area contributed by atoms with Crippen LogP contribution in [0.1, 0.15) is 18.1 Å². The molecule has 182 valence electrons. The highest BCUT2D eigenvalue weighted by atomic mass is 19.4. The highest BCUT2D eigenvalue weighted by Crippen LogP contribution is 2.56. The van der Waals surface area contributed by atoms with Crippen LogP contribution in [0.4, 0.5) is 52.7 Å². The molecule has 1 aromatic rings. The van der Waals surface area contributed by atoms with Crippen molar-refractivity contribution in [3.8, 4) is 0 Å². The average Bonchev–Trinajstić information content (AvgIpc) is 2.55. The summed E-state index contributed by atoms with van der Waals surface area (Å²) >= 11 is 0. The Bertz CT molecular complexity index is 833. The van der Waals surface area contributed by atoms with Crippen molar-refractivity contribution in [3.05, 3.63) is 47.5 Å². The van der Waals surface area contributed by atoms with Crippen LogP contribution in [0.25, 0.3) is 0 Å². The molecule has 0 unspecified atom stereocenters. The minimum Gasteiger partial charge on any atom is -0.431 e. The summed E-state index contributed by atoms with van der Waals surface area (Å²) in [5.74, 6) is -2.25. The Morgan fingerprint density at radius 3 is 1.38 bits per heavy atom. The van der Waals surface area contributed by atoms with Crippen LogP contribution in [0.5, 0.6) is 0 Å². The SMILES string of the molecule is C=C(C)C(=O)OC(c1cccc(C(OC)(C(F)(F)F)C(F)(F)F)c1)(C(F)(F)F)C(F)(F)F. The summed E-state index contributed by atoms with van der Waals surface area (Å²) in [6.07, 6.45) is -25.9. The van der Waals surface area contributed by atoms with E-state index in [4.69, 9.17) is 0 Å². The quantitative estimate of drug-likeness (QED) is 0.284. The fourth-order valence-corrected chi connectivity index (χ4v) is 2.68. The van der Waals surface area contributed by atoms with Crippen molar-refractivity contribution >= 4 is 5.97 Å². The van der Waals surface area contributed by atoms with E-state index in [0.717, 1.165) is 0 Å². The van der Waals surface area contributed by atoms with Gasteiger partial charge in [-0.25, -0.2) is 4.79 Å². The van der Waals surface area contributed by atoms with Crippen LogP contribution in [0.15, 0.2) is 36.4 Å². The number of carbonyl (C=O) groups is 1. The summed E-state index contributed by atoms with van der Waals surface area (Å²) in [5.41, 5.74) is -16.3. The first-order chi connectivity index (χ1) is 14.1. The predicted molar refractivity (Wildman–Crippen MR) is 81.9 cm³/mol. The lowest BCUT2D eigenvalue weighted by atomic mass is 9.85. The Hall–Kier alpha value is -2.45. The number of benzene rings is 1. The molecular formula is C17H12F12O3. The molecule has 0 atom stereocenters. The predicted octanol–water partition coefficient (Wildman–Crippen LogP) is 6.09. The van der Waals surface area contributed by atoms with Gasteiger partial charge in [-0.3, -0.25) is 0 Å². The lowest BCUT2D eigenvalue weighted by Gasteiger charge is -2.39. The van der Waals surface area contributed by atoms with Gasteiger partial charge in [0.15, 0.2) is 0 Å². The van der Waals surface area contributed by atoms with Crippen molar-refractivity contribution in [1.29, 1.82) is 0 Å². The zero-order valence-corrected chi connectivity index (χ0v) is 15.8. The van der Waals surface area contributed by atoms with Crippen molar-refractivity contribution in [1.82, 2.24) is 0 Å². The van der Waals surface area contributed by atoms with Gasteiger partial charge in [0.2, 0.25) is 0 Å². The minimum absolute atomic E-state index is 0.0357. The monoisotopic (exact) mass is 492 g/mol. The number of halogens is 12. The molecule has 32 heavy (non-hydrogen) atoms. The molecule has 0 aliphatic heterocycles. The van der Waals surface area contributed by atoms with Crippen molar-refractivity contribution in [2.75, 3.05) is 7.11 Å². The number of alkyl halides is 12. The third-order valence-corrected chi connectivity index (χ3v) is 4.17. The Morgan fingerprint density at radius 2 is 1.09 bits per heavy atom. The third kappa shape index (κ3) is 4.26. The molecule has 0 amide bonds. The molecule has 0 fully saturated rings. The fourth-order valence-electron chi connectivity index (χ4n) is 2.68. The van der Waals surface area contributed by atoms with Crippen molar-refractivity contribution in [2.45, 2.75) is 42.8 Å².